The van der Waals surface area contributed by atoms with Crippen LogP contribution in [0.25, 0.3) is 0 Å². The number of nitrogen functional groups attached to an aromatic ring is 1. The summed E-state index contributed by atoms with van der Waals surface area (Å²) in [5.41, 5.74) is 4.17. The number of carbonyl (C=O) groups excluding carboxylic acids is 2. The molecule has 0 spiro atoms. The quantitative estimate of drug-likeness (QED) is 0.556. The normalized spacial score (nSPS) is 16.1. The third kappa shape index (κ3) is 5.54. The highest BCUT2D eigenvalue weighted by molar-refractivity contribution is 5.83. The Morgan fingerprint density at radius 3 is 2.21 bits per heavy atom. The molecule has 3 N–H and O–H groups in total. The molecule has 1 atom stereocenters. The largest absolute Gasteiger partial charge is 0.469 e. The van der Waals surface area contributed by atoms with Crippen molar-refractivity contribution in [3.63, 3.8) is 0 Å². The molecule has 1 aromatic rings. The molecule has 156 valence electrons. The number of anilines is 2. The minimum atomic E-state index is -1.12. The maximum Gasteiger partial charge on any atom is 0.309 e. The van der Waals surface area contributed by atoms with Crippen LogP contribution >= 0.6 is 0 Å². The molecule has 0 saturated carbocycles. The zero-order chi connectivity index (χ0) is 21.1. The second-order valence-electron chi connectivity index (χ2n) is 7.64. The number of esters is 1. The number of piperazine rings is 1. The molecule has 28 heavy (non-hydrogen) atoms. The second kappa shape index (κ2) is 8.72. The number of methoxy groups -OCH3 is 1. The Balaban J connectivity index is 2.00. The van der Waals surface area contributed by atoms with Crippen molar-refractivity contribution >= 4 is 23.3 Å². The summed E-state index contributed by atoms with van der Waals surface area (Å²) in [4.78, 5) is 27.6. The lowest BCUT2D eigenvalue weighted by molar-refractivity contribution is -0.151. The van der Waals surface area contributed by atoms with Gasteiger partial charge in [-0.25, -0.2) is 8.78 Å². The lowest BCUT2D eigenvalue weighted by Crippen LogP contribution is -2.50. The van der Waals surface area contributed by atoms with Crippen molar-refractivity contribution < 1.29 is 28.2 Å². The number of halogens is 2. The molecule has 0 radical (unpaired) electrons. The van der Waals surface area contributed by atoms with Crippen LogP contribution in [0.1, 0.15) is 26.7 Å². The number of benzene rings is 1. The van der Waals surface area contributed by atoms with Crippen LogP contribution in [0.5, 0.6) is 0 Å². The highest BCUT2D eigenvalue weighted by Gasteiger charge is 2.32. The van der Waals surface area contributed by atoms with Gasteiger partial charge in [-0.05, 0) is 32.4 Å². The van der Waals surface area contributed by atoms with Crippen molar-refractivity contribution in [2.24, 2.45) is 5.92 Å². The first-order valence-electron chi connectivity index (χ1n) is 9.09. The highest BCUT2D eigenvalue weighted by atomic mass is 19.1. The summed E-state index contributed by atoms with van der Waals surface area (Å²) in [7, 11) is 1.23. The Labute approximate surface area is 163 Å². The predicted molar refractivity (Wildman–Crippen MR) is 101 cm³/mol. The van der Waals surface area contributed by atoms with Crippen LogP contribution in [0, 0.1) is 17.6 Å². The number of nitrogens with two attached hydrogens (primary N) is 1. The van der Waals surface area contributed by atoms with Gasteiger partial charge in [-0.2, -0.15) is 0 Å². The predicted octanol–water partition coefficient (Wildman–Crippen LogP) is 1.54. The number of ether oxygens (including phenoxy) is 1. The van der Waals surface area contributed by atoms with Crippen molar-refractivity contribution in [1.82, 2.24) is 4.90 Å². The summed E-state index contributed by atoms with van der Waals surface area (Å²) in [6.45, 7) is 4.14. The number of nitrogens with zero attached hydrogens (tertiary/aromatic N) is 2. The van der Waals surface area contributed by atoms with E-state index in [4.69, 9.17) is 10.5 Å². The summed E-state index contributed by atoms with van der Waals surface area (Å²) in [5, 5.41) is 9.97. The molecule has 0 aromatic heterocycles. The van der Waals surface area contributed by atoms with E-state index in [2.05, 4.69) is 0 Å². The van der Waals surface area contributed by atoms with Crippen LogP contribution in [-0.4, -0.2) is 60.8 Å². The van der Waals surface area contributed by atoms with E-state index in [1.807, 2.05) is 0 Å². The molecule has 7 nitrogen and oxygen atoms in total. The summed E-state index contributed by atoms with van der Waals surface area (Å²) in [6.07, 6.45) is -0.00546. The lowest BCUT2D eigenvalue weighted by atomic mass is 9.90. The molecule has 0 bridgehead atoms. The molecule has 1 unspecified atom stereocenters. The van der Waals surface area contributed by atoms with Crippen LogP contribution in [0.2, 0.25) is 0 Å². The zero-order valence-corrected chi connectivity index (χ0v) is 16.4. The molecule has 1 aliphatic heterocycles. The minimum Gasteiger partial charge on any atom is -0.469 e. The average Bonchev–Trinajstić information content (AvgIpc) is 2.59. The van der Waals surface area contributed by atoms with Crippen LogP contribution in [0.15, 0.2) is 12.1 Å². The number of amides is 1. The number of hydrogen-bond acceptors (Lipinski definition) is 6. The summed E-state index contributed by atoms with van der Waals surface area (Å²) in [5.74, 6) is -3.07. The molecule has 1 saturated heterocycles. The molecular weight excluding hydrogens is 372 g/mol. The van der Waals surface area contributed by atoms with Crippen molar-refractivity contribution in [1.29, 1.82) is 0 Å². The Morgan fingerprint density at radius 1 is 1.21 bits per heavy atom. The van der Waals surface area contributed by atoms with Crippen molar-refractivity contribution in [3.8, 4) is 0 Å². The van der Waals surface area contributed by atoms with Gasteiger partial charge in [0.15, 0.2) is 11.6 Å². The second-order valence-corrected chi connectivity index (χ2v) is 7.64. The SMILES string of the molecule is COC(=O)C(CC(=O)N1CCN(c2c(F)cc(N)cc2F)CC1)CC(C)(C)O. The fourth-order valence-electron chi connectivity index (χ4n) is 3.42. The first-order chi connectivity index (χ1) is 13.0. The van der Waals surface area contributed by atoms with Crippen LogP contribution in [-0.2, 0) is 14.3 Å². The van der Waals surface area contributed by atoms with Gasteiger partial charge in [-0.3, -0.25) is 9.59 Å². The Hall–Kier alpha value is -2.42. The van der Waals surface area contributed by atoms with Gasteiger partial charge in [-0.1, -0.05) is 0 Å². The lowest BCUT2D eigenvalue weighted by Gasteiger charge is -2.37. The molecule has 1 aliphatic rings. The van der Waals surface area contributed by atoms with Crippen LogP contribution < -0.4 is 10.6 Å². The molecule has 1 amide bonds. The van der Waals surface area contributed by atoms with Gasteiger partial charge in [0.2, 0.25) is 5.91 Å². The maximum atomic E-state index is 14.1. The van der Waals surface area contributed by atoms with E-state index in [0.29, 0.717) is 0 Å². The first-order valence-corrected chi connectivity index (χ1v) is 9.09. The van der Waals surface area contributed by atoms with Gasteiger partial charge in [0.25, 0.3) is 0 Å². The summed E-state index contributed by atoms with van der Waals surface area (Å²) >= 11 is 0. The highest BCUT2D eigenvalue weighted by Crippen LogP contribution is 2.27. The third-order valence-corrected chi connectivity index (χ3v) is 4.69. The molecule has 9 heteroatoms. The molecule has 0 aliphatic carbocycles. The standard InChI is InChI=1S/C19H27F2N3O4/c1-19(2,27)11-12(18(26)28-3)8-16(25)23-4-6-24(7-5-23)17-14(20)9-13(22)10-15(17)21/h9-10,12,27H,4-8,11,22H2,1-3H3. The topological polar surface area (TPSA) is 96.1 Å². The maximum absolute atomic E-state index is 14.1. The van der Waals surface area contributed by atoms with Gasteiger partial charge in [0.1, 0.15) is 5.69 Å². The van der Waals surface area contributed by atoms with Crippen LogP contribution in [0.3, 0.4) is 0 Å². The first kappa shape index (κ1) is 21.9. The van der Waals surface area contributed by atoms with E-state index in [1.54, 1.807) is 18.7 Å². The molecule has 1 heterocycles. The average molecular weight is 399 g/mol. The number of rotatable bonds is 6. The van der Waals surface area contributed by atoms with Crippen LogP contribution in [0.4, 0.5) is 20.2 Å². The minimum absolute atomic E-state index is 0.00761. The molecular formula is C19H27F2N3O4. The fourth-order valence-corrected chi connectivity index (χ4v) is 3.42. The van der Waals surface area contributed by atoms with E-state index in [1.165, 1.54) is 12.0 Å². The summed E-state index contributed by atoms with van der Waals surface area (Å²) in [6, 6.07) is 2.13. The fraction of sp³-hybridized carbons (Fsp3) is 0.579. The van der Waals surface area contributed by atoms with Gasteiger partial charge in [-0.15, -0.1) is 0 Å². The van der Waals surface area contributed by atoms with Gasteiger partial charge in [0.05, 0.1) is 18.6 Å². The van der Waals surface area contributed by atoms with Gasteiger partial charge in [0, 0.05) is 38.3 Å². The molecule has 2 rings (SSSR count). The third-order valence-electron chi connectivity index (χ3n) is 4.69. The zero-order valence-electron chi connectivity index (χ0n) is 16.4. The molecule has 1 aromatic carbocycles. The summed E-state index contributed by atoms with van der Waals surface area (Å²) < 4.78 is 32.9. The van der Waals surface area contributed by atoms with Gasteiger partial charge >= 0.3 is 5.97 Å². The van der Waals surface area contributed by atoms with Crippen molar-refractivity contribution in [2.45, 2.75) is 32.3 Å². The number of hydrogen-bond donors (Lipinski definition) is 2. The smallest absolute Gasteiger partial charge is 0.309 e. The Bertz CT molecular complexity index is 705. The van der Waals surface area contributed by atoms with Gasteiger partial charge < -0.3 is 25.4 Å². The monoisotopic (exact) mass is 399 g/mol. The van der Waals surface area contributed by atoms with E-state index < -0.39 is 29.1 Å². The van der Waals surface area contributed by atoms with E-state index in [0.717, 1.165) is 12.1 Å². The van der Waals surface area contributed by atoms with Crippen molar-refractivity contribution in [2.75, 3.05) is 43.9 Å². The van der Waals surface area contributed by atoms with E-state index in [9.17, 15) is 23.5 Å². The number of carbonyl (C=O) groups is 2. The van der Waals surface area contributed by atoms with Crippen molar-refractivity contribution in [3.05, 3.63) is 23.8 Å². The number of aliphatic hydroxyl groups is 1. The van der Waals surface area contributed by atoms with E-state index >= 15 is 0 Å². The van der Waals surface area contributed by atoms with E-state index in [-0.39, 0.29) is 56.3 Å². The molecule has 1 fully saturated rings. The Morgan fingerprint density at radius 2 is 1.75 bits per heavy atom. The Kier molecular flexibility index (Phi) is 6.82.